The van der Waals surface area contributed by atoms with Crippen LogP contribution in [0.25, 0.3) is 0 Å². The monoisotopic (exact) mass is 344 g/mol. The molecule has 1 aliphatic carbocycles. The SMILES string of the molecule is O=C(Nc1ccc(Cl)cc1)c1cnc(NC2CCCCCC2)nc1. The van der Waals surface area contributed by atoms with Gasteiger partial charge in [-0.15, -0.1) is 0 Å². The number of halogens is 1. The van der Waals surface area contributed by atoms with Crippen LogP contribution in [0.4, 0.5) is 11.6 Å². The van der Waals surface area contributed by atoms with Crippen LogP contribution < -0.4 is 10.6 Å². The normalized spacial score (nSPS) is 15.5. The number of anilines is 2. The molecule has 0 unspecified atom stereocenters. The Morgan fingerprint density at radius 2 is 1.62 bits per heavy atom. The second kappa shape index (κ2) is 8.11. The Kier molecular flexibility index (Phi) is 5.64. The van der Waals surface area contributed by atoms with Crippen LogP contribution in [-0.2, 0) is 0 Å². The van der Waals surface area contributed by atoms with Gasteiger partial charge in [0, 0.05) is 29.1 Å². The van der Waals surface area contributed by atoms with E-state index in [0.29, 0.717) is 28.3 Å². The lowest BCUT2D eigenvalue weighted by Gasteiger charge is -2.15. The van der Waals surface area contributed by atoms with Gasteiger partial charge in [0.15, 0.2) is 0 Å². The fourth-order valence-electron chi connectivity index (χ4n) is 2.86. The fraction of sp³-hybridized carbons (Fsp3) is 0.389. The van der Waals surface area contributed by atoms with Gasteiger partial charge in [0.1, 0.15) is 0 Å². The molecule has 1 aromatic carbocycles. The average Bonchev–Trinajstić information content (AvgIpc) is 2.86. The Labute approximate surface area is 146 Å². The van der Waals surface area contributed by atoms with Gasteiger partial charge in [0.2, 0.25) is 5.95 Å². The highest BCUT2D eigenvalue weighted by atomic mass is 35.5. The number of carbonyl (C=O) groups excluding carboxylic acids is 1. The van der Waals surface area contributed by atoms with Crippen molar-refractivity contribution in [2.45, 2.75) is 44.6 Å². The Bertz CT molecular complexity index is 664. The van der Waals surface area contributed by atoms with E-state index in [4.69, 9.17) is 11.6 Å². The molecule has 1 aliphatic rings. The summed E-state index contributed by atoms with van der Waals surface area (Å²) in [6, 6.07) is 7.40. The second-order valence-corrected chi connectivity index (χ2v) is 6.53. The van der Waals surface area contributed by atoms with Crippen molar-refractivity contribution >= 4 is 29.1 Å². The summed E-state index contributed by atoms with van der Waals surface area (Å²) in [5, 5.41) is 6.80. The summed E-state index contributed by atoms with van der Waals surface area (Å²) in [5.74, 6) is 0.350. The second-order valence-electron chi connectivity index (χ2n) is 6.09. The van der Waals surface area contributed by atoms with Crippen molar-refractivity contribution in [3.63, 3.8) is 0 Å². The third-order valence-corrected chi connectivity index (χ3v) is 4.46. The first-order chi connectivity index (χ1) is 11.7. The standard InChI is InChI=1S/C18H21ClN4O/c19-14-7-9-16(10-8-14)22-17(24)13-11-20-18(21-12-13)23-15-5-3-1-2-4-6-15/h7-12,15H,1-6H2,(H,22,24)(H,20,21,23). The number of rotatable bonds is 4. The van der Waals surface area contributed by atoms with Crippen LogP contribution in [0.2, 0.25) is 5.02 Å². The van der Waals surface area contributed by atoms with Gasteiger partial charge < -0.3 is 10.6 Å². The van der Waals surface area contributed by atoms with Crippen LogP contribution in [0, 0.1) is 0 Å². The average molecular weight is 345 g/mol. The van der Waals surface area contributed by atoms with E-state index in [2.05, 4.69) is 20.6 Å². The summed E-state index contributed by atoms with van der Waals surface area (Å²) in [6.45, 7) is 0. The Balaban J connectivity index is 1.58. The lowest BCUT2D eigenvalue weighted by molar-refractivity contribution is 0.102. The maximum atomic E-state index is 12.2. The van der Waals surface area contributed by atoms with Gasteiger partial charge in [-0.1, -0.05) is 37.3 Å². The van der Waals surface area contributed by atoms with Crippen molar-refractivity contribution < 1.29 is 4.79 Å². The number of amides is 1. The molecule has 1 heterocycles. The molecule has 1 aromatic heterocycles. The Morgan fingerprint density at radius 3 is 2.25 bits per heavy atom. The zero-order valence-corrected chi connectivity index (χ0v) is 14.2. The van der Waals surface area contributed by atoms with E-state index in [1.807, 2.05) is 0 Å². The number of benzene rings is 1. The first-order valence-corrected chi connectivity index (χ1v) is 8.74. The first kappa shape index (κ1) is 16.7. The lowest BCUT2D eigenvalue weighted by Crippen LogP contribution is -2.20. The number of nitrogens with zero attached hydrogens (tertiary/aromatic N) is 2. The summed E-state index contributed by atoms with van der Waals surface area (Å²) in [4.78, 5) is 20.8. The zero-order valence-electron chi connectivity index (χ0n) is 13.5. The molecule has 1 saturated carbocycles. The summed E-state index contributed by atoms with van der Waals surface area (Å²) >= 11 is 5.83. The molecule has 0 saturated heterocycles. The summed E-state index contributed by atoms with van der Waals surface area (Å²) in [5.41, 5.74) is 1.11. The third kappa shape index (κ3) is 4.68. The molecule has 0 spiro atoms. The van der Waals surface area contributed by atoms with Crippen LogP contribution in [0.3, 0.4) is 0 Å². The van der Waals surface area contributed by atoms with Crippen molar-refractivity contribution in [2.24, 2.45) is 0 Å². The van der Waals surface area contributed by atoms with E-state index in [1.54, 1.807) is 36.7 Å². The van der Waals surface area contributed by atoms with Gasteiger partial charge in [-0.05, 0) is 37.1 Å². The number of carbonyl (C=O) groups is 1. The molecular weight excluding hydrogens is 324 g/mol. The summed E-state index contributed by atoms with van der Waals surface area (Å²) in [7, 11) is 0. The highest BCUT2D eigenvalue weighted by Gasteiger charge is 2.13. The Morgan fingerprint density at radius 1 is 1.00 bits per heavy atom. The van der Waals surface area contributed by atoms with Crippen molar-refractivity contribution in [3.8, 4) is 0 Å². The van der Waals surface area contributed by atoms with Crippen LogP contribution >= 0.6 is 11.6 Å². The number of aromatic nitrogens is 2. The Hall–Kier alpha value is -2.14. The predicted molar refractivity (Wildman–Crippen MR) is 96.5 cm³/mol. The van der Waals surface area contributed by atoms with Gasteiger partial charge in [-0.25, -0.2) is 9.97 Å². The maximum Gasteiger partial charge on any atom is 0.258 e. The van der Waals surface area contributed by atoms with Crippen molar-refractivity contribution in [1.82, 2.24) is 9.97 Å². The molecule has 126 valence electrons. The summed E-state index contributed by atoms with van der Waals surface area (Å²) in [6.07, 6.45) is 10.5. The highest BCUT2D eigenvalue weighted by molar-refractivity contribution is 6.30. The van der Waals surface area contributed by atoms with Crippen LogP contribution in [0.1, 0.15) is 48.9 Å². The van der Waals surface area contributed by atoms with Gasteiger partial charge in [-0.3, -0.25) is 4.79 Å². The van der Waals surface area contributed by atoms with Crippen molar-refractivity contribution in [3.05, 3.63) is 47.2 Å². The number of hydrogen-bond donors (Lipinski definition) is 2. The predicted octanol–water partition coefficient (Wildman–Crippen LogP) is 4.52. The van der Waals surface area contributed by atoms with E-state index in [1.165, 1.54) is 25.7 Å². The maximum absolute atomic E-state index is 12.2. The molecule has 5 nitrogen and oxygen atoms in total. The molecular formula is C18H21ClN4O. The van der Waals surface area contributed by atoms with Crippen LogP contribution in [-0.4, -0.2) is 21.9 Å². The molecule has 0 bridgehead atoms. The smallest absolute Gasteiger partial charge is 0.258 e. The van der Waals surface area contributed by atoms with Crippen LogP contribution in [0.15, 0.2) is 36.7 Å². The van der Waals surface area contributed by atoms with Gasteiger partial charge in [-0.2, -0.15) is 0 Å². The first-order valence-electron chi connectivity index (χ1n) is 8.36. The molecule has 0 aliphatic heterocycles. The minimum absolute atomic E-state index is 0.238. The molecule has 0 atom stereocenters. The largest absolute Gasteiger partial charge is 0.351 e. The van der Waals surface area contributed by atoms with Gasteiger partial charge >= 0.3 is 0 Å². The fourth-order valence-corrected chi connectivity index (χ4v) is 2.99. The van der Waals surface area contributed by atoms with E-state index >= 15 is 0 Å². The molecule has 2 N–H and O–H groups in total. The lowest BCUT2D eigenvalue weighted by atomic mass is 10.1. The molecule has 0 radical (unpaired) electrons. The molecule has 2 aromatic rings. The molecule has 6 heteroatoms. The van der Waals surface area contributed by atoms with Gasteiger partial charge in [0.25, 0.3) is 5.91 Å². The van der Waals surface area contributed by atoms with E-state index in [-0.39, 0.29) is 5.91 Å². The van der Waals surface area contributed by atoms with E-state index < -0.39 is 0 Å². The quantitative estimate of drug-likeness (QED) is 0.800. The van der Waals surface area contributed by atoms with Crippen LogP contribution in [0.5, 0.6) is 0 Å². The minimum atomic E-state index is -0.238. The number of hydrogen-bond acceptors (Lipinski definition) is 4. The zero-order chi connectivity index (χ0) is 16.8. The molecule has 1 fully saturated rings. The minimum Gasteiger partial charge on any atom is -0.351 e. The highest BCUT2D eigenvalue weighted by Crippen LogP contribution is 2.20. The molecule has 1 amide bonds. The van der Waals surface area contributed by atoms with Crippen molar-refractivity contribution in [1.29, 1.82) is 0 Å². The van der Waals surface area contributed by atoms with Gasteiger partial charge in [0.05, 0.1) is 5.56 Å². The van der Waals surface area contributed by atoms with E-state index in [9.17, 15) is 4.79 Å². The van der Waals surface area contributed by atoms with Crippen molar-refractivity contribution in [2.75, 3.05) is 10.6 Å². The summed E-state index contributed by atoms with van der Waals surface area (Å²) < 4.78 is 0. The molecule has 3 rings (SSSR count). The van der Waals surface area contributed by atoms with E-state index in [0.717, 1.165) is 12.8 Å². The third-order valence-electron chi connectivity index (χ3n) is 4.20. The number of nitrogens with one attached hydrogen (secondary N) is 2. The molecule has 24 heavy (non-hydrogen) atoms. The topological polar surface area (TPSA) is 66.9 Å².